The summed E-state index contributed by atoms with van der Waals surface area (Å²) in [7, 11) is -3.18. The Hall–Kier alpha value is -1.40. The lowest BCUT2D eigenvalue weighted by atomic mass is 10.1. The van der Waals surface area contributed by atoms with Crippen LogP contribution in [0.15, 0.2) is 24.3 Å². The normalized spacial score (nSPS) is 15.2. The maximum Gasteiger partial charge on any atom is 0.224 e. The van der Waals surface area contributed by atoms with Crippen molar-refractivity contribution in [1.82, 2.24) is 9.62 Å². The van der Waals surface area contributed by atoms with Crippen LogP contribution in [0.1, 0.15) is 24.0 Å². The van der Waals surface area contributed by atoms with Crippen LogP contribution in [-0.4, -0.2) is 44.0 Å². The molecule has 0 heterocycles. The fraction of sp³-hybridized carbons (Fsp3) is 0.533. The van der Waals surface area contributed by atoms with Gasteiger partial charge < -0.3 is 5.32 Å². The number of rotatable bonds is 7. The second-order valence-corrected chi connectivity index (χ2v) is 7.56. The molecule has 116 valence electrons. The van der Waals surface area contributed by atoms with Crippen molar-refractivity contribution in [3.63, 3.8) is 0 Å². The number of aryl methyl sites for hydroxylation is 1. The third-order valence-corrected chi connectivity index (χ3v) is 4.81. The van der Waals surface area contributed by atoms with Crippen LogP contribution in [0.3, 0.4) is 0 Å². The lowest BCUT2D eigenvalue weighted by Crippen LogP contribution is -2.39. The molecular weight excluding hydrogens is 288 g/mol. The second kappa shape index (κ2) is 6.58. The average Bonchev–Trinajstić information content (AvgIpc) is 3.17. The van der Waals surface area contributed by atoms with E-state index in [1.807, 2.05) is 31.2 Å². The molecule has 0 aliphatic heterocycles. The summed E-state index contributed by atoms with van der Waals surface area (Å²) in [6, 6.07) is 7.94. The smallest absolute Gasteiger partial charge is 0.224 e. The van der Waals surface area contributed by atoms with E-state index in [4.69, 9.17) is 0 Å². The number of carbonyl (C=O) groups is 1. The van der Waals surface area contributed by atoms with Crippen molar-refractivity contribution in [1.29, 1.82) is 0 Å². The van der Waals surface area contributed by atoms with E-state index in [9.17, 15) is 13.2 Å². The minimum Gasteiger partial charge on any atom is -0.354 e. The van der Waals surface area contributed by atoms with Crippen LogP contribution >= 0.6 is 0 Å². The Kier molecular flexibility index (Phi) is 5.00. The zero-order valence-corrected chi connectivity index (χ0v) is 13.3. The molecular formula is C15H22N2O3S. The minimum atomic E-state index is -3.18. The standard InChI is InChI=1S/C15H22N2O3S/c1-12-4-3-5-13(10-12)11-15(18)16-8-9-17(14-6-7-14)21(2,19)20/h3-5,10,14H,6-9,11H2,1-2H3,(H,16,18). The summed E-state index contributed by atoms with van der Waals surface area (Å²) in [5.74, 6) is -0.0788. The molecule has 1 amide bonds. The highest BCUT2D eigenvalue weighted by Gasteiger charge is 2.34. The first-order chi connectivity index (χ1) is 9.86. The summed E-state index contributed by atoms with van der Waals surface area (Å²) >= 11 is 0. The van der Waals surface area contributed by atoms with E-state index in [-0.39, 0.29) is 11.9 Å². The highest BCUT2D eigenvalue weighted by atomic mass is 32.2. The Labute approximate surface area is 126 Å². The van der Waals surface area contributed by atoms with Crippen LogP contribution < -0.4 is 5.32 Å². The third-order valence-electron chi connectivity index (χ3n) is 3.48. The molecule has 0 aromatic heterocycles. The molecule has 1 aromatic carbocycles. The molecule has 1 N–H and O–H groups in total. The summed E-state index contributed by atoms with van der Waals surface area (Å²) in [5.41, 5.74) is 2.09. The first-order valence-corrected chi connectivity index (χ1v) is 9.00. The molecule has 1 fully saturated rings. The van der Waals surface area contributed by atoms with Crippen LogP contribution in [0, 0.1) is 6.92 Å². The number of benzene rings is 1. The Morgan fingerprint density at radius 1 is 1.38 bits per heavy atom. The van der Waals surface area contributed by atoms with E-state index in [1.54, 1.807) is 0 Å². The number of nitrogens with zero attached hydrogens (tertiary/aromatic N) is 1. The van der Waals surface area contributed by atoms with E-state index in [2.05, 4.69) is 5.32 Å². The Balaban J connectivity index is 1.79. The summed E-state index contributed by atoms with van der Waals surface area (Å²) in [5, 5.41) is 2.79. The highest BCUT2D eigenvalue weighted by Crippen LogP contribution is 2.28. The molecule has 0 unspecified atom stereocenters. The molecule has 1 aliphatic carbocycles. The van der Waals surface area contributed by atoms with Gasteiger partial charge in [0.15, 0.2) is 0 Å². The van der Waals surface area contributed by atoms with Gasteiger partial charge in [0.25, 0.3) is 0 Å². The van der Waals surface area contributed by atoms with Gasteiger partial charge >= 0.3 is 0 Å². The van der Waals surface area contributed by atoms with Gasteiger partial charge in [-0.05, 0) is 25.3 Å². The molecule has 1 aromatic rings. The molecule has 21 heavy (non-hydrogen) atoms. The zero-order chi connectivity index (χ0) is 15.5. The van der Waals surface area contributed by atoms with Crippen LogP contribution in [0.5, 0.6) is 0 Å². The number of sulfonamides is 1. The summed E-state index contributed by atoms with van der Waals surface area (Å²) in [6.07, 6.45) is 3.39. The third kappa shape index (κ3) is 5.13. The SMILES string of the molecule is Cc1cccc(CC(=O)NCCN(C2CC2)S(C)(=O)=O)c1. The van der Waals surface area contributed by atoms with Crippen molar-refractivity contribution < 1.29 is 13.2 Å². The number of hydrogen-bond acceptors (Lipinski definition) is 3. The number of nitrogens with one attached hydrogen (secondary N) is 1. The lowest BCUT2D eigenvalue weighted by molar-refractivity contribution is -0.120. The van der Waals surface area contributed by atoms with E-state index in [0.717, 1.165) is 24.0 Å². The fourth-order valence-electron chi connectivity index (χ4n) is 2.36. The van der Waals surface area contributed by atoms with Gasteiger partial charge in [-0.2, -0.15) is 4.31 Å². The number of amides is 1. The Morgan fingerprint density at radius 3 is 2.67 bits per heavy atom. The molecule has 0 radical (unpaired) electrons. The van der Waals surface area contributed by atoms with Gasteiger partial charge in [0.05, 0.1) is 12.7 Å². The molecule has 2 rings (SSSR count). The maximum absolute atomic E-state index is 11.9. The van der Waals surface area contributed by atoms with Gasteiger partial charge in [0.1, 0.15) is 0 Å². The van der Waals surface area contributed by atoms with Gasteiger partial charge in [0.2, 0.25) is 15.9 Å². The van der Waals surface area contributed by atoms with Gasteiger partial charge in [-0.15, -0.1) is 0 Å². The van der Waals surface area contributed by atoms with Gasteiger partial charge in [-0.1, -0.05) is 29.8 Å². The Morgan fingerprint density at radius 2 is 2.10 bits per heavy atom. The number of carbonyl (C=O) groups excluding carboxylic acids is 1. The van der Waals surface area contributed by atoms with Gasteiger partial charge in [0, 0.05) is 19.1 Å². The molecule has 1 aliphatic rings. The Bertz CT molecular complexity index is 609. The maximum atomic E-state index is 11.9. The van der Waals surface area contributed by atoms with Crippen molar-refractivity contribution >= 4 is 15.9 Å². The van der Waals surface area contributed by atoms with Crippen LogP contribution in [0.2, 0.25) is 0 Å². The van der Waals surface area contributed by atoms with E-state index >= 15 is 0 Å². The molecule has 5 nitrogen and oxygen atoms in total. The van der Waals surface area contributed by atoms with E-state index in [0.29, 0.717) is 19.5 Å². The fourth-order valence-corrected chi connectivity index (χ4v) is 3.53. The quantitative estimate of drug-likeness (QED) is 0.819. The predicted molar refractivity (Wildman–Crippen MR) is 82.5 cm³/mol. The summed E-state index contributed by atoms with van der Waals surface area (Å²) < 4.78 is 24.7. The molecule has 0 spiro atoms. The van der Waals surface area contributed by atoms with Crippen LogP contribution in [0.4, 0.5) is 0 Å². The molecule has 6 heteroatoms. The summed E-state index contributed by atoms with van der Waals surface area (Å²) in [4.78, 5) is 11.9. The van der Waals surface area contributed by atoms with Crippen molar-refractivity contribution in [3.8, 4) is 0 Å². The average molecular weight is 310 g/mol. The van der Waals surface area contributed by atoms with Crippen molar-refractivity contribution in [3.05, 3.63) is 35.4 Å². The van der Waals surface area contributed by atoms with Crippen LogP contribution in [-0.2, 0) is 21.2 Å². The van der Waals surface area contributed by atoms with Crippen LogP contribution in [0.25, 0.3) is 0 Å². The molecule has 0 bridgehead atoms. The van der Waals surface area contributed by atoms with Crippen molar-refractivity contribution in [2.75, 3.05) is 19.3 Å². The summed E-state index contributed by atoms with van der Waals surface area (Å²) in [6.45, 7) is 2.69. The first-order valence-electron chi connectivity index (χ1n) is 7.15. The first kappa shape index (κ1) is 16.0. The number of hydrogen-bond donors (Lipinski definition) is 1. The largest absolute Gasteiger partial charge is 0.354 e. The van der Waals surface area contributed by atoms with Crippen molar-refractivity contribution in [2.45, 2.75) is 32.2 Å². The second-order valence-electron chi connectivity index (χ2n) is 5.62. The molecule has 0 saturated heterocycles. The van der Waals surface area contributed by atoms with Crippen molar-refractivity contribution in [2.24, 2.45) is 0 Å². The van der Waals surface area contributed by atoms with E-state index < -0.39 is 10.0 Å². The zero-order valence-electron chi connectivity index (χ0n) is 12.5. The lowest BCUT2D eigenvalue weighted by Gasteiger charge is -2.19. The molecule has 1 saturated carbocycles. The highest BCUT2D eigenvalue weighted by molar-refractivity contribution is 7.88. The van der Waals surface area contributed by atoms with E-state index in [1.165, 1.54) is 10.6 Å². The predicted octanol–water partition coefficient (Wildman–Crippen LogP) is 1.08. The monoisotopic (exact) mass is 310 g/mol. The van der Waals surface area contributed by atoms with Gasteiger partial charge in [-0.3, -0.25) is 4.79 Å². The topological polar surface area (TPSA) is 66.5 Å². The van der Waals surface area contributed by atoms with Gasteiger partial charge in [-0.25, -0.2) is 8.42 Å². The minimum absolute atomic E-state index is 0.0788. The molecule has 0 atom stereocenters.